The summed E-state index contributed by atoms with van der Waals surface area (Å²) >= 11 is 0. The van der Waals surface area contributed by atoms with Gasteiger partial charge in [0.15, 0.2) is 0 Å². The van der Waals surface area contributed by atoms with E-state index in [-0.39, 0.29) is 16.7 Å². The number of hydrogen-bond acceptors (Lipinski definition) is 4. The van der Waals surface area contributed by atoms with Gasteiger partial charge in [0, 0.05) is 6.42 Å². The second-order valence-corrected chi connectivity index (χ2v) is 11.2. The van der Waals surface area contributed by atoms with Crippen LogP contribution in [-0.2, 0) is 28.7 Å². The van der Waals surface area contributed by atoms with Crippen LogP contribution < -0.4 is 10.2 Å². The summed E-state index contributed by atoms with van der Waals surface area (Å²) in [6.07, 6.45) is 2.48. The number of nitrogens with zero attached hydrogens (tertiary/aromatic N) is 1. The standard InChI is InChI=1S/C31H38N2O3/c1-30(2,3)26-18-23(19-27(29(26)35)31(4,5)6)15-16-28(34)33-32-20-24-13-10-14-25(17-24)36-21-22-11-8-7-9-12-22/h7-14,17-20,35H,15-16,21H2,1-6H3,(H,33,34)/b32-20-. The third-order valence-electron chi connectivity index (χ3n) is 5.94. The highest BCUT2D eigenvalue weighted by molar-refractivity contribution is 5.82. The number of hydrogen-bond donors (Lipinski definition) is 2. The quantitative estimate of drug-likeness (QED) is 0.277. The number of aryl methyl sites for hydroxylation is 1. The number of rotatable bonds is 8. The van der Waals surface area contributed by atoms with Crippen molar-refractivity contribution in [3.63, 3.8) is 0 Å². The highest BCUT2D eigenvalue weighted by Gasteiger charge is 2.26. The van der Waals surface area contributed by atoms with Gasteiger partial charge in [0.1, 0.15) is 18.1 Å². The first kappa shape index (κ1) is 27.0. The Kier molecular flexibility index (Phi) is 8.57. The van der Waals surface area contributed by atoms with Crippen LogP contribution in [-0.4, -0.2) is 17.2 Å². The lowest BCUT2D eigenvalue weighted by atomic mass is 9.78. The zero-order chi connectivity index (χ0) is 26.3. The van der Waals surface area contributed by atoms with Crippen LogP contribution in [0.3, 0.4) is 0 Å². The van der Waals surface area contributed by atoms with Crippen molar-refractivity contribution in [1.82, 2.24) is 5.43 Å². The van der Waals surface area contributed by atoms with Gasteiger partial charge in [0.05, 0.1) is 6.21 Å². The molecule has 0 aliphatic rings. The number of phenols is 1. The fourth-order valence-corrected chi connectivity index (χ4v) is 3.90. The maximum absolute atomic E-state index is 12.5. The molecule has 0 atom stereocenters. The van der Waals surface area contributed by atoms with Crippen molar-refractivity contribution in [1.29, 1.82) is 0 Å². The maximum Gasteiger partial charge on any atom is 0.240 e. The van der Waals surface area contributed by atoms with Gasteiger partial charge >= 0.3 is 0 Å². The topological polar surface area (TPSA) is 70.9 Å². The van der Waals surface area contributed by atoms with Gasteiger partial charge in [0.25, 0.3) is 0 Å². The first-order valence-electron chi connectivity index (χ1n) is 12.4. The fourth-order valence-electron chi connectivity index (χ4n) is 3.90. The van der Waals surface area contributed by atoms with E-state index >= 15 is 0 Å². The summed E-state index contributed by atoms with van der Waals surface area (Å²) in [5, 5.41) is 15.0. The third-order valence-corrected chi connectivity index (χ3v) is 5.94. The van der Waals surface area contributed by atoms with Crippen LogP contribution in [0.25, 0.3) is 0 Å². The molecule has 36 heavy (non-hydrogen) atoms. The number of amides is 1. The Labute approximate surface area is 215 Å². The molecule has 0 radical (unpaired) electrons. The number of aromatic hydroxyl groups is 1. The molecule has 0 spiro atoms. The molecule has 0 heterocycles. The third kappa shape index (κ3) is 7.70. The molecule has 3 aromatic rings. The molecule has 0 bridgehead atoms. The predicted octanol–water partition coefficient (Wildman–Crippen LogP) is 6.65. The van der Waals surface area contributed by atoms with Gasteiger partial charge in [-0.15, -0.1) is 0 Å². The van der Waals surface area contributed by atoms with Crippen LogP contribution in [0, 0.1) is 0 Å². The summed E-state index contributed by atoms with van der Waals surface area (Å²) in [5.41, 5.74) is 6.98. The minimum Gasteiger partial charge on any atom is -0.507 e. The zero-order valence-corrected chi connectivity index (χ0v) is 22.3. The van der Waals surface area contributed by atoms with Crippen molar-refractivity contribution in [3.8, 4) is 11.5 Å². The van der Waals surface area contributed by atoms with Crippen LogP contribution in [0.5, 0.6) is 11.5 Å². The lowest BCUT2D eigenvalue weighted by Gasteiger charge is -2.28. The molecule has 0 saturated carbocycles. The average molecular weight is 487 g/mol. The molecule has 0 saturated heterocycles. The Morgan fingerprint density at radius 3 is 2.14 bits per heavy atom. The molecule has 0 unspecified atom stereocenters. The Morgan fingerprint density at radius 2 is 1.53 bits per heavy atom. The number of hydrazone groups is 1. The molecule has 0 fully saturated rings. The number of nitrogens with one attached hydrogen (secondary N) is 1. The van der Waals surface area contributed by atoms with Crippen LogP contribution in [0.4, 0.5) is 0 Å². The SMILES string of the molecule is CC(C)(C)c1cc(CCC(=O)N/N=C\c2cccc(OCc3ccccc3)c2)cc(C(C)(C)C)c1O. The van der Waals surface area contributed by atoms with Gasteiger partial charge in [-0.05, 0) is 57.2 Å². The Bertz CT molecular complexity index is 1170. The van der Waals surface area contributed by atoms with Crippen molar-refractivity contribution in [2.75, 3.05) is 0 Å². The normalized spacial score (nSPS) is 12.1. The second-order valence-electron chi connectivity index (χ2n) is 11.2. The highest BCUT2D eigenvalue weighted by Crippen LogP contribution is 2.40. The summed E-state index contributed by atoms with van der Waals surface area (Å²) in [4.78, 5) is 12.5. The molecular formula is C31H38N2O3. The summed E-state index contributed by atoms with van der Waals surface area (Å²) in [6, 6.07) is 21.6. The summed E-state index contributed by atoms with van der Waals surface area (Å²) in [7, 11) is 0. The lowest BCUT2D eigenvalue weighted by Crippen LogP contribution is -2.20. The molecule has 5 heteroatoms. The average Bonchev–Trinajstić information content (AvgIpc) is 2.81. The van der Waals surface area contributed by atoms with Crippen molar-refractivity contribution >= 4 is 12.1 Å². The Hall–Kier alpha value is -3.60. The van der Waals surface area contributed by atoms with Gasteiger partial charge in [-0.25, -0.2) is 5.43 Å². The smallest absolute Gasteiger partial charge is 0.240 e. The minimum atomic E-state index is -0.202. The van der Waals surface area contributed by atoms with Gasteiger partial charge in [-0.1, -0.05) is 96.1 Å². The largest absolute Gasteiger partial charge is 0.507 e. The minimum absolute atomic E-state index is 0.162. The summed E-state index contributed by atoms with van der Waals surface area (Å²) in [5.74, 6) is 0.930. The monoisotopic (exact) mass is 486 g/mol. The molecular weight excluding hydrogens is 448 g/mol. The van der Waals surface area contributed by atoms with Gasteiger partial charge in [-0.3, -0.25) is 4.79 Å². The van der Waals surface area contributed by atoms with E-state index < -0.39 is 0 Å². The van der Waals surface area contributed by atoms with Gasteiger partial charge < -0.3 is 9.84 Å². The lowest BCUT2D eigenvalue weighted by molar-refractivity contribution is -0.121. The molecule has 2 N–H and O–H groups in total. The van der Waals surface area contributed by atoms with E-state index in [1.807, 2.05) is 66.7 Å². The number of benzene rings is 3. The fraction of sp³-hybridized carbons (Fsp3) is 0.355. The van der Waals surface area contributed by atoms with Crippen molar-refractivity contribution in [3.05, 3.63) is 94.5 Å². The van der Waals surface area contributed by atoms with E-state index in [9.17, 15) is 9.90 Å². The van der Waals surface area contributed by atoms with Gasteiger partial charge in [0.2, 0.25) is 5.91 Å². The predicted molar refractivity (Wildman–Crippen MR) is 147 cm³/mol. The molecule has 1 amide bonds. The van der Waals surface area contributed by atoms with Crippen molar-refractivity contribution < 1.29 is 14.6 Å². The Balaban J connectivity index is 1.59. The van der Waals surface area contributed by atoms with E-state index in [2.05, 4.69) is 52.1 Å². The molecule has 3 aromatic carbocycles. The van der Waals surface area contributed by atoms with Crippen LogP contribution >= 0.6 is 0 Å². The number of ether oxygens (including phenoxy) is 1. The number of phenolic OH excluding ortho intramolecular Hbond substituents is 1. The van der Waals surface area contributed by atoms with Crippen LogP contribution in [0.1, 0.15) is 75.8 Å². The molecule has 0 aliphatic heterocycles. The Morgan fingerprint density at radius 1 is 0.889 bits per heavy atom. The van der Waals surface area contributed by atoms with Crippen molar-refractivity contribution in [2.24, 2.45) is 5.10 Å². The molecule has 190 valence electrons. The summed E-state index contributed by atoms with van der Waals surface area (Å²) < 4.78 is 5.86. The molecule has 0 aliphatic carbocycles. The number of carbonyl (C=O) groups excluding carboxylic acids is 1. The van der Waals surface area contributed by atoms with E-state index in [4.69, 9.17) is 4.74 Å². The van der Waals surface area contributed by atoms with Crippen LogP contribution in [0.15, 0.2) is 71.8 Å². The first-order valence-corrected chi connectivity index (χ1v) is 12.4. The molecule has 0 aromatic heterocycles. The summed E-state index contributed by atoms with van der Waals surface area (Å²) in [6.45, 7) is 13.0. The molecule has 5 nitrogen and oxygen atoms in total. The van der Waals surface area contributed by atoms with E-state index in [0.717, 1.165) is 33.6 Å². The van der Waals surface area contributed by atoms with E-state index in [0.29, 0.717) is 25.2 Å². The van der Waals surface area contributed by atoms with E-state index in [1.165, 1.54) is 0 Å². The zero-order valence-electron chi connectivity index (χ0n) is 22.3. The van der Waals surface area contributed by atoms with Gasteiger partial charge in [-0.2, -0.15) is 5.10 Å². The molecule has 3 rings (SSSR count). The number of carbonyl (C=O) groups is 1. The maximum atomic E-state index is 12.5. The van der Waals surface area contributed by atoms with Crippen molar-refractivity contribution in [2.45, 2.75) is 71.8 Å². The first-order chi connectivity index (χ1) is 16.9. The van der Waals surface area contributed by atoms with Crippen LogP contribution in [0.2, 0.25) is 0 Å². The highest BCUT2D eigenvalue weighted by atomic mass is 16.5. The second kappa shape index (κ2) is 11.4. The van der Waals surface area contributed by atoms with E-state index in [1.54, 1.807) is 6.21 Å².